The molecule has 0 fully saturated rings. The zero-order valence-corrected chi connectivity index (χ0v) is 13.3. The average molecular weight is 294 g/mol. The van der Waals surface area contributed by atoms with E-state index in [0.29, 0.717) is 0 Å². The highest BCUT2D eigenvalue weighted by atomic mass is 32.4. The van der Waals surface area contributed by atoms with Crippen LogP contribution in [-0.4, -0.2) is 26.7 Å². The summed E-state index contributed by atoms with van der Waals surface area (Å²) >= 11 is 10.5. The minimum Gasteiger partial charge on any atom is -0.467 e. The maximum Gasteiger partial charge on any atom is 0.124 e. The van der Waals surface area contributed by atoms with Gasteiger partial charge in [0, 0.05) is 0 Å². The number of hydrogen-bond acceptors (Lipinski definition) is 4. The molecule has 90 valence electrons. The molecule has 0 saturated carbocycles. The van der Waals surface area contributed by atoms with E-state index in [0.717, 1.165) is 11.5 Å². The Morgan fingerprint density at radius 2 is 1.00 bits per heavy atom. The second kappa shape index (κ2) is 5.18. The Bertz CT molecular complexity index is 401. The van der Waals surface area contributed by atoms with Gasteiger partial charge in [-0.2, -0.15) is 0 Å². The number of hydrogen-bond donors (Lipinski definition) is 0. The van der Waals surface area contributed by atoms with Crippen LogP contribution in [-0.2, 0) is 23.6 Å². The fourth-order valence-electron chi connectivity index (χ4n) is 1.07. The molecular formula is C10H16O2P2S2. The van der Waals surface area contributed by atoms with Crippen LogP contribution < -0.4 is 9.05 Å². The molecule has 0 heterocycles. The summed E-state index contributed by atoms with van der Waals surface area (Å²) in [5, 5.41) is 0. The van der Waals surface area contributed by atoms with Crippen molar-refractivity contribution in [2.75, 3.05) is 26.7 Å². The highest BCUT2D eigenvalue weighted by Crippen LogP contribution is 2.42. The molecule has 0 aliphatic carbocycles. The second-order valence-corrected chi connectivity index (χ2v) is 14.8. The van der Waals surface area contributed by atoms with E-state index in [1.54, 1.807) is 0 Å². The van der Waals surface area contributed by atoms with Crippen LogP contribution in [0.5, 0.6) is 11.5 Å². The number of rotatable bonds is 4. The van der Waals surface area contributed by atoms with Crippen molar-refractivity contribution in [3.63, 3.8) is 0 Å². The molecule has 0 N–H and O–H groups in total. The van der Waals surface area contributed by atoms with Gasteiger partial charge in [0.2, 0.25) is 0 Å². The van der Waals surface area contributed by atoms with Gasteiger partial charge in [-0.15, -0.1) is 0 Å². The Labute approximate surface area is 108 Å². The molecule has 0 unspecified atom stereocenters. The molecule has 2 nitrogen and oxygen atoms in total. The Kier molecular flexibility index (Phi) is 4.59. The third-order valence-corrected chi connectivity index (χ3v) is 3.22. The van der Waals surface area contributed by atoms with Gasteiger partial charge >= 0.3 is 0 Å². The topological polar surface area (TPSA) is 18.5 Å². The molecule has 1 aromatic carbocycles. The van der Waals surface area contributed by atoms with Crippen LogP contribution in [0, 0.1) is 0 Å². The molecule has 0 atom stereocenters. The van der Waals surface area contributed by atoms with E-state index in [1.165, 1.54) is 0 Å². The third-order valence-electron chi connectivity index (χ3n) is 1.47. The van der Waals surface area contributed by atoms with Crippen LogP contribution in [0.3, 0.4) is 0 Å². The number of benzene rings is 1. The molecule has 0 spiro atoms. The lowest BCUT2D eigenvalue weighted by Crippen LogP contribution is -1.90. The summed E-state index contributed by atoms with van der Waals surface area (Å²) in [4.78, 5) is 0. The van der Waals surface area contributed by atoms with Crippen LogP contribution in [0.4, 0.5) is 0 Å². The standard InChI is InChI=1S/C10H16O2P2S2/c1-13(2,15)11-9-5-7-10(8-6-9)12-14(3,4)16/h5-8H,1-4H3. The Morgan fingerprint density at radius 3 is 1.19 bits per heavy atom. The molecule has 0 bridgehead atoms. The van der Waals surface area contributed by atoms with E-state index < -0.39 is 12.5 Å². The van der Waals surface area contributed by atoms with E-state index in [4.69, 9.17) is 32.7 Å². The highest BCUT2D eigenvalue weighted by Gasteiger charge is 2.06. The SMILES string of the molecule is CP(C)(=S)Oc1ccc(OP(C)(C)=S)cc1. The highest BCUT2D eigenvalue weighted by molar-refractivity contribution is 8.12. The van der Waals surface area contributed by atoms with Crippen molar-refractivity contribution in [1.29, 1.82) is 0 Å². The van der Waals surface area contributed by atoms with Crippen molar-refractivity contribution >= 4 is 36.1 Å². The maximum absolute atomic E-state index is 5.64. The quantitative estimate of drug-likeness (QED) is 0.787. The fourth-order valence-corrected chi connectivity index (χ4v) is 2.84. The van der Waals surface area contributed by atoms with Gasteiger partial charge in [-0.25, -0.2) is 0 Å². The Balaban J connectivity index is 2.76. The van der Waals surface area contributed by atoms with Crippen LogP contribution in [0.2, 0.25) is 0 Å². The van der Waals surface area contributed by atoms with Crippen molar-refractivity contribution in [2.45, 2.75) is 0 Å². The summed E-state index contributed by atoms with van der Waals surface area (Å²) in [7, 11) is 0. The van der Waals surface area contributed by atoms with Crippen molar-refractivity contribution in [3.8, 4) is 11.5 Å². The molecule has 0 aliphatic heterocycles. The van der Waals surface area contributed by atoms with Crippen molar-refractivity contribution in [1.82, 2.24) is 0 Å². The molecule has 1 rings (SSSR count). The molecule has 1 aromatic rings. The summed E-state index contributed by atoms with van der Waals surface area (Å²) in [5.74, 6) is 1.59. The minimum atomic E-state index is -1.66. The van der Waals surface area contributed by atoms with Crippen molar-refractivity contribution in [2.24, 2.45) is 0 Å². The predicted octanol–water partition coefficient (Wildman–Crippen LogP) is 3.75. The van der Waals surface area contributed by atoms with Crippen LogP contribution in [0.15, 0.2) is 24.3 Å². The fraction of sp³-hybridized carbons (Fsp3) is 0.400. The molecule has 6 heteroatoms. The molecule has 0 aromatic heterocycles. The smallest absolute Gasteiger partial charge is 0.124 e. The molecule has 0 aliphatic rings. The third kappa shape index (κ3) is 6.00. The summed E-state index contributed by atoms with van der Waals surface area (Å²) in [6.45, 7) is 7.80. The zero-order chi connectivity index (χ0) is 12.4. The van der Waals surface area contributed by atoms with Gasteiger partial charge in [-0.05, 0) is 50.9 Å². The minimum absolute atomic E-state index is 0.793. The summed E-state index contributed by atoms with van der Waals surface area (Å²) in [6, 6.07) is 7.48. The van der Waals surface area contributed by atoms with E-state index in [2.05, 4.69) is 0 Å². The normalized spacial score (nSPS) is 12.2. The molecule has 0 radical (unpaired) electrons. The van der Waals surface area contributed by atoms with Gasteiger partial charge in [0.15, 0.2) is 0 Å². The molecular weight excluding hydrogens is 278 g/mol. The predicted molar refractivity (Wildman–Crippen MR) is 80.0 cm³/mol. The van der Waals surface area contributed by atoms with Gasteiger partial charge in [-0.3, -0.25) is 0 Å². The first-order valence-corrected chi connectivity index (χ1v) is 12.0. The van der Waals surface area contributed by atoms with Crippen molar-refractivity contribution in [3.05, 3.63) is 24.3 Å². The maximum atomic E-state index is 5.64. The largest absolute Gasteiger partial charge is 0.467 e. The molecule has 16 heavy (non-hydrogen) atoms. The monoisotopic (exact) mass is 294 g/mol. The Morgan fingerprint density at radius 1 is 0.750 bits per heavy atom. The first-order valence-electron chi connectivity index (χ1n) is 4.75. The first kappa shape index (κ1) is 14.2. The van der Waals surface area contributed by atoms with Crippen molar-refractivity contribution < 1.29 is 9.05 Å². The van der Waals surface area contributed by atoms with E-state index >= 15 is 0 Å². The van der Waals surface area contributed by atoms with Gasteiger partial charge in [0.1, 0.15) is 24.0 Å². The first-order chi connectivity index (χ1) is 7.16. The van der Waals surface area contributed by atoms with E-state index in [1.807, 2.05) is 50.9 Å². The summed E-state index contributed by atoms with van der Waals surface area (Å²) < 4.78 is 11.3. The molecule has 0 amide bonds. The second-order valence-electron chi connectivity index (χ2n) is 4.16. The van der Waals surface area contributed by atoms with Gasteiger partial charge < -0.3 is 9.05 Å². The van der Waals surface area contributed by atoms with E-state index in [-0.39, 0.29) is 0 Å². The van der Waals surface area contributed by atoms with Gasteiger partial charge in [0.05, 0.1) is 0 Å². The lowest BCUT2D eigenvalue weighted by atomic mass is 10.3. The summed E-state index contributed by atoms with van der Waals surface area (Å²) in [6.07, 6.45) is -3.33. The summed E-state index contributed by atoms with van der Waals surface area (Å²) in [5.41, 5.74) is 0. The zero-order valence-electron chi connectivity index (χ0n) is 9.84. The van der Waals surface area contributed by atoms with E-state index in [9.17, 15) is 0 Å². The Hall–Kier alpha value is 0.120. The van der Waals surface area contributed by atoms with Gasteiger partial charge in [0.25, 0.3) is 0 Å². The lowest BCUT2D eigenvalue weighted by molar-refractivity contribution is 0.603. The molecule has 0 saturated heterocycles. The average Bonchev–Trinajstić information content (AvgIpc) is 2.03. The van der Waals surface area contributed by atoms with Crippen LogP contribution >= 0.6 is 12.5 Å². The van der Waals surface area contributed by atoms with Crippen LogP contribution in [0.1, 0.15) is 0 Å². The lowest BCUT2D eigenvalue weighted by Gasteiger charge is -2.16. The van der Waals surface area contributed by atoms with Crippen LogP contribution in [0.25, 0.3) is 0 Å². The van der Waals surface area contributed by atoms with Gasteiger partial charge in [-0.1, -0.05) is 23.6 Å².